The fourth-order valence-corrected chi connectivity index (χ4v) is 1.88. The largest absolute Gasteiger partial charge is 0.483 e. The third-order valence-corrected chi connectivity index (χ3v) is 3.29. The van der Waals surface area contributed by atoms with E-state index in [1.54, 1.807) is 24.3 Å². The summed E-state index contributed by atoms with van der Waals surface area (Å²) in [6.45, 7) is 3.96. The normalized spacial score (nSPS) is 10.2. The summed E-state index contributed by atoms with van der Waals surface area (Å²) in [6, 6.07) is 12.7. The average molecular weight is 290 g/mol. The first-order chi connectivity index (χ1) is 9.56. The molecule has 0 aliphatic carbocycles. The number of benzene rings is 2. The lowest BCUT2D eigenvalue weighted by molar-refractivity contribution is -0.118. The molecule has 0 aromatic heterocycles. The van der Waals surface area contributed by atoms with E-state index < -0.39 is 0 Å². The van der Waals surface area contributed by atoms with Gasteiger partial charge < -0.3 is 10.1 Å². The highest BCUT2D eigenvalue weighted by Gasteiger charge is 2.06. The van der Waals surface area contributed by atoms with E-state index in [-0.39, 0.29) is 12.5 Å². The summed E-state index contributed by atoms with van der Waals surface area (Å²) in [5.41, 5.74) is 2.89. The minimum Gasteiger partial charge on any atom is -0.483 e. The fourth-order valence-electron chi connectivity index (χ4n) is 1.75. The first kappa shape index (κ1) is 14.4. The Kier molecular flexibility index (Phi) is 4.64. The van der Waals surface area contributed by atoms with Gasteiger partial charge in [0.15, 0.2) is 6.61 Å². The molecule has 0 saturated heterocycles. The molecule has 1 amide bonds. The maximum atomic E-state index is 11.8. The Bertz CT molecular complexity index is 608. The summed E-state index contributed by atoms with van der Waals surface area (Å²) in [4.78, 5) is 11.8. The second kappa shape index (κ2) is 6.44. The van der Waals surface area contributed by atoms with Crippen molar-refractivity contribution in [1.29, 1.82) is 0 Å². The molecule has 0 saturated carbocycles. The van der Waals surface area contributed by atoms with Crippen molar-refractivity contribution in [2.75, 3.05) is 11.9 Å². The van der Waals surface area contributed by atoms with Crippen LogP contribution in [0, 0.1) is 13.8 Å². The number of hydrogen-bond donors (Lipinski definition) is 1. The van der Waals surface area contributed by atoms with Crippen molar-refractivity contribution in [3.63, 3.8) is 0 Å². The molecule has 0 unspecified atom stereocenters. The van der Waals surface area contributed by atoms with E-state index in [4.69, 9.17) is 16.3 Å². The van der Waals surface area contributed by atoms with Gasteiger partial charge in [-0.05, 0) is 55.3 Å². The lowest BCUT2D eigenvalue weighted by Gasteiger charge is -2.11. The summed E-state index contributed by atoms with van der Waals surface area (Å²) >= 11 is 5.78. The minimum atomic E-state index is -0.201. The summed E-state index contributed by atoms with van der Waals surface area (Å²) in [5.74, 6) is 0.532. The third-order valence-electron chi connectivity index (χ3n) is 3.04. The number of amides is 1. The second-order valence-electron chi connectivity index (χ2n) is 4.54. The van der Waals surface area contributed by atoms with E-state index in [9.17, 15) is 4.79 Å². The number of carbonyl (C=O) groups is 1. The summed E-state index contributed by atoms with van der Waals surface area (Å²) in [7, 11) is 0. The number of halogens is 1. The molecule has 0 radical (unpaired) electrons. The third kappa shape index (κ3) is 3.75. The molecule has 0 heterocycles. The molecule has 0 fully saturated rings. The molecule has 3 nitrogen and oxygen atoms in total. The molecule has 4 heteroatoms. The van der Waals surface area contributed by atoms with Crippen LogP contribution in [-0.2, 0) is 4.79 Å². The van der Waals surface area contributed by atoms with E-state index in [0.29, 0.717) is 10.7 Å². The molecule has 2 rings (SSSR count). The van der Waals surface area contributed by atoms with Crippen molar-refractivity contribution in [2.45, 2.75) is 13.8 Å². The molecule has 2 aromatic rings. The van der Waals surface area contributed by atoms with Gasteiger partial charge in [-0.1, -0.05) is 23.7 Å². The molecular formula is C16H16ClNO2. The number of anilines is 1. The molecule has 0 atom stereocenters. The number of aryl methyl sites for hydroxylation is 1. The average Bonchev–Trinajstić information content (AvgIpc) is 2.43. The second-order valence-corrected chi connectivity index (χ2v) is 4.98. The Hall–Kier alpha value is -2.00. The predicted octanol–water partition coefficient (Wildman–Crippen LogP) is 3.97. The topological polar surface area (TPSA) is 38.3 Å². The van der Waals surface area contributed by atoms with Crippen LogP contribution < -0.4 is 10.1 Å². The van der Waals surface area contributed by atoms with Crippen LogP contribution in [0.15, 0.2) is 42.5 Å². The van der Waals surface area contributed by atoms with Gasteiger partial charge in [0.2, 0.25) is 0 Å². The Morgan fingerprint density at radius 1 is 1.15 bits per heavy atom. The van der Waals surface area contributed by atoms with Gasteiger partial charge in [-0.25, -0.2) is 0 Å². The van der Waals surface area contributed by atoms with E-state index in [1.165, 1.54) is 0 Å². The van der Waals surface area contributed by atoms with Crippen molar-refractivity contribution < 1.29 is 9.53 Å². The first-order valence-corrected chi connectivity index (χ1v) is 6.68. The van der Waals surface area contributed by atoms with Crippen LogP contribution in [-0.4, -0.2) is 12.5 Å². The summed E-state index contributed by atoms with van der Waals surface area (Å²) in [6.07, 6.45) is 0. The molecule has 104 valence electrons. The van der Waals surface area contributed by atoms with E-state index >= 15 is 0 Å². The SMILES string of the molecule is Cc1cccc(OCC(=O)Nc2ccc(Cl)cc2)c1C. The maximum absolute atomic E-state index is 11.8. The van der Waals surface area contributed by atoms with Crippen LogP contribution >= 0.6 is 11.6 Å². The van der Waals surface area contributed by atoms with E-state index in [1.807, 2.05) is 32.0 Å². The molecule has 1 N–H and O–H groups in total. The lowest BCUT2D eigenvalue weighted by atomic mass is 10.1. The van der Waals surface area contributed by atoms with Gasteiger partial charge in [0, 0.05) is 10.7 Å². The van der Waals surface area contributed by atoms with Gasteiger partial charge in [0.1, 0.15) is 5.75 Å². The first-order valence-electron chi connectivity index (χ1n) is 6.30. The lowest BCUT2D eigenvalue weighted by Crippen LogP contribution is -2.20. The molecule has 20 heavy (non-hydrogen) atoms. The van der Waals surface area contributed by atoms with Gasteiger partial charge >= 0.3 is 0 Å². The number of hydrogen-bond acceptors (Lipinski definition) is 2. The zero-order valence-corrected chi connectivity index (χ0v) is 12.2. The van der Waals surface area contributed by atoms with Crippen LogP contribution in [0.25, 0.3) is 0 Å². The number of carbonyl (C=O) groups excluding carboxylic acids is 1. The van der Waals surface area contributed by atoms with Crippen molar-refractivity contribution in [2.24, 2.45) is 0 Å². The van der Waals surface area contributed by atoms with Crippen molar-refractivity contribution in [3.05, 3.63) is 58.6 Å². The van der Waals surface area contributed by atoms with Crippen LogP contribution in [0.1, 0.15) is 11.1 Å². The smallest absolute Gasteiger partial charge is 0.262 e. The molecule has 0 aliphatic rings. The predicted molar refractivity (Wildman–Crippen MR) is 81.5 cm³/mol. The molecular weight excluding hydrogens is 274 g/mol. The van der Waals surface area contributed by atoms with Gasteiger partial charge in [-0.3, -0.25) is 4.79 Å². The monoisotopic (exact) mass is 289 g/mol. The van der Waals surface area contributed by atoms with Gasteiger partial charge in [-0.2, -0.15) is 0 Å². The van der Waals surface area contributed by atoms with Gasteiger partial charge in [0.05, 0.1) is 0 Å². The fraction of sp³-hybridized carbons (Fsp3) is 0.188. The summed E-state index contributed by atoms with van der Waals surface area (Å²) in [5, 5.41) is 3.38. The Morgan fingerprint density at radius 3 is 2.55 bits per heavy atom. The molecule has 0 spiro atoms. The van der Waals surface area contributed by atoms with E-state index in [0.717, 1.165) is 16.9 Å². The number of ether oxygens (including phenoxy) is 1. The van der Waals surface area contributed by atoms with Gasteiger partial charge in [-0.15, -0.1) is 0 Å². The maximum Gasteiger partial charge on any atom is 0.262 e. The van der Waals surface area contributed by atoms with Crippen LogP contribution in [0.2, 0.25) is 5.02 Å². The molecule has 2 aromatic carbocycles. The number of rotatable bonds is 4. The highest BCUT2D eigenvalue weighted by atomic mass is 35.5. The van der Waals surface area contributed by atoms with Crippen LogP contribution in [0.4, 0.5) is 5.69 Å². The van der Waals surface area contributed by atoms with Crippen molar-refractivity contribution in [3.8, 4) is 5.75 Å². The Morgan fingerprint density at radius 2 is 1.85 bits per heavy atom. The van der Waals surface area contributed by atoms with Crippen molar-refractivity contribution in [1.82, 2.24) is 0 Å². The van der Waals surface area contributed by atoms with E-state index in [2.05, 4.69) is 5.32 Å². The zero-order chi connectivity index (χ0) is 14.5. The Labute approximate surface area is 123 Å². The highest BCUT2D eigenvalue weighted by molar-refractivity contribution is 6.30. The highest BCUT2D eigenvalue weighted by Crippen LogP contribution is 2.20. The van der Waals surface area contributed by atoms with Crippen LogP contribution in [0.5, 0.6) is 5.75 Å². The molecule has 0 aliphatic heterocycles. The summed E-state index contributed by atoms with van der Waals surface area (Å²) < 4.78 is 5.54. The minimum absolute atomic E-state index is 0.0209. The quantitative estimate of drug-likeness (QED) is 0.925. The van der Waals surface area contributed by atoms with Crippen LogP contribution in [0.3, 0.4) is 0 Å². The van der Waals surface area contributed by atoms with Gasteiger partial charge in [0.25, 0.3) is 5.91 Å². The number of nitrogens with one attached hydrogen (secondary N) is 1. The zero-order valence-electron chi connectivity index (χ0n) is 11.4. The Balaban J connectivity index is 1.92. The standard InChI is InChI=1S/C16H16ClNO2/c1-11-4-3-5-15(12(11)2)20-10-16(19)18-14-8-6-13(17)7-9-14/h3-9H,10H2,1-2H3,(H,18,19). The van der Waals surface area contributed by atoms with Crippen molar-refractivity contribution >= 4 is 23.2 Å². The molecule has 0 bridgehead atoms.